The molecular weight excluding hydrogens is 336 g/mol. The van der Waals surface area contributed by atoms with Gasteiger partial charge in [0.2, 0.25) is 0 Å². The van der Waals surface area contributed by atoms with Crippen LogP contribution in [0.2, 0.25) is 5.02 Å². The zero-order chi connectivity index (χ0) is 16.8. The summed E-state index contributed by atoms with van der Waals surface area (Å²) in [6.45, 7) is 2.23. The molecule has 0 saturated heterocycles. The maximum absolute atomic E-state index is 6.10. The minimum atomic E-state index is 0.334. The van der Waals surface area contributed by atoms with Gasteiger partial charge in [0.05, 0.1) is 12.4 Å². The van der Waals surface area contributed by atoms with Crippen LogP contribution in [0.5, 0.6) is 0 Å². The van der Waals surface area contributed by atoms with Crippen molar-refractivity contribution in [1.82, 2.24) is 9.55 Å². The van der Waals surface area contributed by atoms with Crippen molar-refractivity contribution >= 4 is 23.4 Å². The second-order valence-corrected chi connectivity index (χ2v) is 7.22. The molecule has 1 atom stereocenters. The zero-order valence-electron chi connectivity index (χ0n) is 13.7. The SMILES string of the molecule is CCCC(c1ccccc1SCc1cccc(Cl)c1)n1ccnc1. The molecule has 0 aliphatic rings. The van der Waals surface area contributed by atoms with Crippen LogP contribution in [0.4, 0.5) is 0 Å². The summed E-state index contributed by atoms with van der Waals surface area (Å²) >= 11 is 7.97. The van der Waals surface area contributed by atoms with Gasteiger partial charge < -0.3 is 4.57 Å². The van der Waals surface area contributed by atoms with Crippen LogP contribution in [0.3, 0.4) is 0 Å². The number of rotatable bonds is 7. The van der Waals surface area contributed by atoms with Crippen LogP contribution in [-0.2, 0) is 5.75 Å². The molecule has 24 heavy (non-hydrogen) atoms. The number of hydrogen-bond acceptors (Lipinski definition) is 2. The molecule has 1 heterocycles. The standard InChI is InChI=1S/C20H21ClN2S/c1-2-6-19(23-12-11-22-15-23)18-9-3-4-10-20(18)24-14-16-7-5-8-17(21)13-16/h3-5,7-13,15,19H,2,6,14H2,1H3. The Morgan fingerprint density at radius 1 is 1.17 bits per heavy atom. The van der Waals surface area contributed by atoms with E-state index in [-0.39, 0.29) is 0 Å². The highest BCUT2D eigenvalue weighted by molar-refractivity contribution is 7.98. The quantitative estimate of drug-likeness (QED) is 0.468. The summed E-state index contributed by atoms with van der Waals surface area (Å²) in [4.78, 5) is 5.55. The molecule has 0 spiro atoms. The van der Waals surface area contributed by atoms with Gasteiger partial charge in [0.1, 0.15) is 0 Å². The first kappa shape index (κ1) is 17.1. The lowest BCUT2D eigenvalue weighted by Gasteiger charge is -2.21. The molecule has 3 aromatic rings. The minimum absolute atomic E-state index is 0.334. The summed E-state index contributed by atoms with van der Waals surface area (Å²) in [6.07, 6.45) is 8.06. The maximum atomic E-state index is 6.10. The van der Waals surface area contributed by atoms with Crippen molar-refractivity contribution in [3.63, 3.8) is 0 Å². The normalized spacial score (nSPS) is 12.2. The number of nitrogens with zero attached hydrogens (tertiary/aromatic N) is 2. The molecule has 0 saturated carbocycles. The van der Waals surface area contributed by atoms with E-state index in [0.717, 1.165) is 23.6 Å². The van der Waals surface area contributed by atoms with Crippen LogP contribution in [0.15, 0.2) is 72.1 Å². The van der Waals surface area contributed by atoms with E-state index in [2.05, 4.69) is 53.0 Å². The number of thioether (sulfide) groups is 1. The number of halogens is 1. The highest BCUT2D eigenvalue weighted by Gasteiger charge is 2.16. The third-order valence-corrected chi connectivity index (χ3v) is 5.40. The lowest BCUT2D eigenvalue weighted by molar-refractivity contribution is 0.525. The fourth-order valence-corrected chi connectivity index (χ4v) is 4.13. The summed E-state index contributed by atoms with van der Waals surface area (Å²) in [6, 6.07) is 17.1. The number of aromatic nitrogens is 2. The Bertz CT molecular complexity index is 771. The van der Waals surface area contributed by atoms with Crippen LogP contribution >= 0.6 is 23.4 Å². The van der Waals surface area contributed by atoms with Crippen LogP contribution in [-0.4, -0.2) is 9.55 Å². The van der Waals surface area contributed by atoms with Gasteiger partial charge in [-0.2, -0.15) is 0 Å². The van der Waals surface area contributed by atoms with E-state index in [1.54, 1.807) is 0 Å². The first-order valence-electron chi connectivity index (χ1n) is 8.21. The Labute approximate surface area is 152 Å². The Morgan fingerprint density at radius 3 is 2.79 bits per heavy atom. The van der Waals surface area contributed by atoms with E-state index in [1.807, 2.05) is 42.5 Å². The van der Waals surface area contributed by atoms with Crippen molar-refractivity contribution < 1.29 is 0 Å². The van der Waals surface area contributed by atoms with Crippen LogP contribution in [0, 0.1) is 0 Å². The summed E-state index contributed by atoms with van der Waals surface area (Å²) in [5, 5.41) is 0.795. The van der Waals surface area contributed by atoms with E-state index < -0.39 is 0 Å². The van der Waals surface area contributed by atoms with Crippen molar-refractivity contribution in [2.45, 2.75) is 36.5 Å². The molecule has 0 aliphatic carbocycles. The van der Waals surface area contributed by atoms with Crippen LogP contribution in [0.1, 0.15) is 36.9 Å². The third-order valence-electron chi connectivity index (χ3n) is 4.01. The first-order valence-corrected chi connectivity index (χ1v) is 9.58. The Hall–Kier alpha value is -1.71. The molecule has 1 aromatic heterocycles. The Morgan fingerprint density at radius 2 is 2.04 bits per heavy atom. The minimum Gasteiger partial charge on any atom is -0.330 e. The molecule has 2 nitrogen and oxygen atoms in total. The average Bonchev–Trinajstić information content (AvgIpc) is 3.13. The third kappa shape index (κ3) is 4.22. The van der Waals surface area contributed by atoms with Crippen molar-refractivity contribution in [3.8, 4) is 0 Å². The summed E-state index contributed by atoms with van der Waals surface area (Å²) in [5.74, 6) is 0.917. The van der Waals surface area contributed by atoms with E-state index in [4.69, 9.17) is 11.6 Å². The highest BCUT2D eigenvalue weighted by Crippen LogP contribution is 2.34. The van der Waals surface area contributed by atoms with Crippen molar-refractivity contribution in [3.05, 3.63) is 83.4 Å². The van der Waals surface area contributed by atoms with Gasteiger partial charge in [-0.05, 0) is 35.7 Å². The van der Waals surface area contributed by atoms with E-state index >= 15 is 0 Å². The molecule has 1 unspecified atom stereocenters. The predicted octanol–water partition coefficient (Wildman–Crippen LogP) is 6.22. The molecule has 2 aromatic carbocycles. The zero-order valence-corrected chi connectivity index (χ0v) is 15.3. The largest absolute Gasteiger partial charge is 0.330 e. The topological polar surface area (TPSA) is 17.8 Å². The van der Waals surface area contributed by atoms with E-state index in [0.29, 0.717) is 6.04 Å². The van der Waals surface area contributed by atoms with Crippen LogP contribution in [0.25, 0.3) is 0 Å². The second kappa shape index (κ2) is 8.41. The van der Waals surface area contributed by atoms with Gasteiger partial charge in [-0.3, -0.25) is 0 Å². The smallest absolute Gasteiger partial charge is 0.0951 e. The highest BCUT2D eigenvalue weighted by atomic mass is 35.5. The molecule has 0 radical (unpaired) electrons. The molecule has 4 heteroatoms. The van der Waals surface area contributed by atoms with Crippen molar-refractivity contribution in [2.75, 3.05) is 0 Å². The number of benzene rings is 2. The van der Waals surface area contributed by atoms with Gasteiger partial charge in [-0.15, -0.1) is 11.8 Å². The molecule has 0 N–H and O–H groups in total. The lowest BCUT2D eigenvalue weighted by Crippen LogP contribution is -2.09. The fraction of sp³-hybridized carbons (Fsp3) is 0.250. The van der Waals surface area contributed by atoms with Gasteiger partial charge in [-0.1, -0.05) is 55.3 Å². The van der Waals surface area contributed by atoms with Gasteiger partial charge in [-0.25, -0.2) is 4.98 Å². The first-order chi connectivity index (χ1) is 11.8. The van der Waals surface area contributed by atoms with Crippen LogP contribution < -0.4 is 0 Å². The predicted molar refractivity (Wildman–Crippen MR) is 103 cm³/mol. The monoisotopic (exact) mass is 356 g/mol. The summed E-state index contributed by atoms with van der Waals surface area (Å²) in [7, 11) is 0. The van der Waals surface area contributed by atoms with Crippen molar-refractivity contribution in [1.29, 1.82) is 0 Å². The second-order valence-electron chi connectivity index (χ2n) is 5.77. The van der Waals surface area contributed by atoms with E-state index in [1.165, 1.54) is 16.0 Å². The van der Waals surface area contributed by atoms with Gasteiger partial charge >= 0.3 is 0 Å². The molecule has 0 aliphatic heterocycles. The Balaban J connectivity index is 1.84. The molecular formula is C20H21ClN2S. The molecule has 124 valence electrons. The van der Waals surface area contributed by atoms with E-state index in [9.17, 15) is 0 Å². The molecule has 0 bridgehead atoms. The fourth-order valence-electron chi connectivity index (χ4n) is 2.87. The van der Waals surface area contributed by atoms with Gasteiger partial charge in [0, 0.05) is 28.1 Å². The molecule has 0 fully saturated rings. The van der Waals surface area contributed by atoms with Crippen molar-refractivity contribution in [2.24, 2.45) is 0 Å². The summed E-state index contributed by atoms with van der Waals surface area (Å²) < 4.78 is 2.21. The lowest BCUT2D eigenvalue weighted by atomic mass is 10.0. The van der Waals surface area contributed by atoms with Gasteiger partial charge in [0.25, 0.3) is 0 Å². The summed E-state index contributed by atoms with van der Waals surface area (Å²) in [5.41, 5.74) is 2.61. The molecule has 3 rings (SSSR count). The Kier molecular flexibility index (Phi) is 6.00. The number of hydrogen-bond donors (Lipinski definition) is 0. The number of imidazole rings is 1. The average molecular weight is 357 g/mol. The van der Waals surface area contributed by atoms with Gasteiger partial charge in [0.15, 0.2) is 0 Å². The maximum Gasteiger partial charge on any atom is 0.0951 e. The molecule has 0 amide bonds.